The predicted octanol–water partition coefficient (Wildman–Crippen LogP) is 7.26. The van der Waals surface area contributed by atoms with Crippen molar-refractivity contribution < 1.29 is 33.2 Å². The van der Waals surface area contributed by atoms with Gasteiger partial charge in [-0.2, -0.15) is 0 Å². The summed E-state index contributed by atoms with van der Waals surface area (Å²) in [5, 5.41) is 6.00. The van der Waals surface area contributed by atoms with Crippen LogP contribution in [0.2, 0.25) is 0 Å². The summed E-state index contributed by atoms with van der Waals surface area (Å²) in [6, 6.07) is 32.6. The minimum absolute atomic E-state index is 0.276. The average Bonchev–Trinajstić information content (AvgIpc) is 3.15. The van der Waals surface area contributed by atoms with Crippen LogP contribution in [0.3, 0.4) is 0 Å². The summed E-state index contributed by atoms with van der Waals surface area (Å²) < 4.78 is 38.3. The van der Waals surface area contributed by atoms with E-state index >= 15 is 0 Å². The fraction of sp³-hybridized carbons (Fsp3) is 0.295. The number of anilines is 1. The zero-order valence-electron chi connectivity index (χ0n) is 29.8. The second-order valence-corrected chi connectivity index (χ2v) is 13.5. The standard InChI is InChI=1S/C44H44N2O7/c47-44(46-39-13-2-1-3-14-39)45-29-30-23-37-27-35-11-5-9-33-25-31-7-4-8-32(40(31)50-19-15-48-16-20-51-41(33)35)26-34-10-6-12-36-28-38(24-30)43(37)53-22-18-49-17-21-52-42(34)36/h1-14,23-24H,15-22,25-29H2,(H2,45,46,47). The quantitative estimate of drug-likeness (QED) is 0.200. The molecule has 8 rings (SSSR count). The van der Waals surface area contributed by atoms with Gasteiger partial charge in [-0.15, -0.1) is 0 Å². The number of urea groups is 1. The molecule has 0 unspecified atom stereocenters. The Labute approximate surface area is 310 Å². The first-order valence-electron chi connectivity index (χ1n) is 18.4. The number of rotatable bonds is 3. The minimum atomic E-state index is -0.276. The molecule has 2 amide bonds. The molecule has 1 aliphatic carbocycles. The number of nitrogens with one attached hydrogen (secondary N) is 2. The first kappa shape index (κ1) is 34.6. The Hall–Kier alpha value is -5.51. The van der Waals surface area contributed by atoms with E-state index in [9.17, 15) is 4.79 Å². The molecular weight excluding hydrogens is 668 g/mol. The van der Waals surface area contributed by atoms with Crippen molar-refractivity contribution in [1.82, 2.24) is 5.32 Å². The molecule has 0 radical (unpaired) electrons. The van der Waals surface area contributed by atoms with E-state index < -0.39 is 0 Å². The summed E-state index contributed by atoms with van der Waals surface area (Å²) in [5.41, 5.74) is 10.1. The number of hydrogen-bond acceptors (Lipinski definition) is 7. The molecule has 0 atom stereocenters. The van der Waals surface area contributed by atoms with E-state index in [1.165, 1.54) is 0 Å². The fourth-order valence-electron chi connectivity index (χ4n) is 7.40. The van der Waals surface area contributed by atoms with E-state index in [2.05, 4.69) is 77.4 Å². The van der Waals surface area contributed by atoms with E-state index in [-0.39, 0.29) is 6.03 Å². The Morgan fingerprint density at radius 3 is 1.25 bits per heavy atom. The van der Waals surface area contributed by atoms with Gasteiger partial charge in [-0.05, 0) is 74.3 Å². The SMILES string of the molecule is O=C(NCc1cc2c3c(c1)Cc1cccc(c1OCCOCCO3)Cc1cccc3c1OCCOCCOc1c(cccc1C2)C3)Nc1ccccc1. The van der Waals surface area contributed by atoms with Crippen LogP contribution in [0.15, 0.2) is 97.1 Å². The van der Waals surface area contributed by atoms with Crippen LogP contribution >= 0.6 is 0 Å². The molecule has 53 heavy (non-hydrogen) atoms. The topological polar surface area (TPSA) is 96.5 Å². The van der Waals surface area contributed by atoms with Gasteiger partial charge in [0.1, 0.15) is 49.4 Å². The molecule has 0 spiro atoms. The maximum Gasteiger partial charge on any atom is 0.319 e. The van der Waals surface area contributed by atoms with Crippen LogP contribution in [-0.4, -0.2) is 58.9 Å². The van der Waals surface area contributed by atoms with Crippen molar-refractivity contribution in [2.24, 2.45) is 0 Å². The zero-order chi connectivity index (χ0) is 35.8. The van der Waals surface area contributed by atoms with Gasteiger partial charge in [0, 0.05) is 37.9 Å². The van der Waals surface area contributed by atoms with Crippen LogP contribution in [0.4, 0.5) is 10.5 Å². The van der Waals surface area contributed by atoms with E-state index in [1.807, 2.05) is 30.3 Å². The smallest absolute Gasteiger partial charge is 0.319 e. The molecule has 12 bridgehead atoms. The van der Waals surface area contributed by atoms with Crippen LogP contribution < -0.4 is 29.6 Å². The second-order valence-electron chi connectivity index (χ2n) is 13.5. The Morgan fingerprint density at radius 2 is 0.830 bits per heavy atom. The maximum absolute atomic E-state index is 13.0. The van der Waals surface area contributed by atoms with E-state index in [0.29, 0.717) is 85.1 Å². The first-order valence-corrected chi connectivity index (χ1v) is 18.4. The third-order valence-electron chi connectivity index (χ3n) is 9.74. The van der Waals surface area contributed by atoms with Crippen molar-refractivity contribution in [1.29, 1.82) is 0 Å². The average molecular weight is 713 g/mol. The van der Waals surface area contributed by atoms with Crippen LogP contribution in [0.5, 0.6) is 23.0 Å². The summed E-state index contributed by atoms with van der Waals surface area (Å²) in [5.74, 6) is 3.38. The Morgan fingerprint density at radius 1 is 0.453 bits per heavy atom. The predicted molar refractivity (Wildman–Crippen MR) is 203 cm³/mol. The summed E-state index contributed by atoms with van der Waals surface area (Å²) in [4.78, 5) is 13.0. The highest BCUT2D eigenvalue weighted by atomic mass is 16.6. The van der Waals surface area contributed by atoms with E-state index in [0.717, 1.165) is 78.8 Å². The van der Waals surface area contributed by atoms with E-state index in [1.54, 1.807) is 0 Å². The molecule has 0 saturated heterocycles. The molecule has 5 aromatic rings. The lowest BCUT2D eigenvalue weighted by Crippen LogP contribution is -2.28. The molecule has 9 heteroatoms. The normalized spacial score (nSPS) is 15.6. The summed E-state index contributed by atoms with van der Waals surface area (Å²) in [7, 11) is 0. The van der Waals surface area contributed by atoms with Gasteiger partial charge in [0.05, 0.1) is 26.4 Å². The number of ether oxygens (including phenoxy) is 6. The molecule has 2 N–H and O–H groups in total. The third-order valence-corrected chi connectivity index (χ3v) is 9.74. The number of hydrogen-bond donors (Lipinski definition) is 2. The highest BCUT2D eigenvalue weighted by Gasteiger charge is 2.23. The molecule has 272 valence electrons. The molecule has 3 aliphatic rings. The largest absolute Gasteiger partial charge is 0.491 e. The van der Waals surface area contributed by atoms with Gasteiger partial charge < -0.3 is 39.1 Å². The summed E-state index contributed by atoms with van der Waals surface area (Å²) in [6.07, 6.45) is 2.38. The lowest BCUT2D eigenvalue weighted by Gasteiger charge is -2.24. The number of benzene rings is 5. The Kier molecular flexibility index (Phi) is 10.7. The zero-order valence-corrected chi connectivity index (χ0v) is 29.8. The Bertz CT molecular complexity index is 2060. The van der Waals surface area contributed by atoms with Crippen molar-refractivity contribution >= 4 is 11.7 Å². The lowest BCUT2D eigenvalue weighted by molar-refractivity contribution is 0.0744. The highest BCUT2D eigenvalue weighted by Crippen LogP contribution is 2.39. The van der Waals surface area contributed by atoms with Gasteiger partial charge >= 0.3 is 6.03 Å². The van der Waals surface area contributed by atoms with Crippen LogP contribution in [0.25, 0.3) is 0 Å². The molecule has 9 nitrogen and oxygen atoms in total. The second kappa shape index (κ2) is 16.4. The van der Waals surface area contributed by atoms with Gasteiger partial charge in [-0.1, -0.05) is 72.8 Å². The number of carbonyl (C=O) groups is 1. The number of carbonyl (C=O) groups excluding carboxylic acids is 1. The number of para-hydroxylation sites is 4. The monoisotopic (exact) mass is 712 g/mol. The molecule has 0 aromatic heterocycles. The third kappa shape index (κ3) is 8.27. The molecule has 2 heterocycles. The van der Waals surface area contributed by atoms with Crippen molar-refractivity contribution in [3.8, 4) is 23.0 Å². The molecule has 0 saturated carbocycles. The molecular formula is C44H44N2O7. The van der Waals surface area contributed by atoms with Gasteiger partial charge in [0.15, 0.2) is 0 Å². The van der Waals surface area contributed by atoms with Crippen LogP contribution in [-0.2, 0) is 41.7 Å². The van der Waals surface area contributed by atoms with E-state index in [4.69, 9.17) is 28.4 Å². The molecule has 2 aliphatic heterocycles. The van der Waals surface area contributed by atoms with Gasteiger partial charge in [-0.3, -0.25) is 0 Å². The fourth-order valence-corrected chi connectivity index (χ4v) is 7.40. The van der Waals surface area contributed by atoms with Gasteiger partial charge in [-0.25, -0.2) is 4.79 Å². The molecule has 0 fully saturated rings. The highest BCUT2D eigenvalue weighted by molar-refractivity contribution is 5.89. The maximum atomic E-state index is 13.0. The first-order chi connectivity index (χ1) is 26.2. The van der Waals surface area contributed by atoms with Crippen molar-refractivity contribution in [3.63, 3.8) is 0 Å². The summed E-state index contributed by atoms with van der Waals surface area (Å²) in [6.45, 7) is 3.78. The lowest BCUT2D eigenvalue weighted by atomic mass is 9.90. The Balaban J connectivity index is 1.28. The molecule has 5 aromatic carbocycles. The van der Waals surface area contributed by atoms with Crippen LogP contribution in [0.1, 0.15) is 50.1 Å². The van der Waals surface area contributed by atoms with Crippen LogP contribution in [0, 0.1) is 0 Å². The van der Waals surface area contributed by atoms with Crippen molar-refractivity contribution in [3.05, 3.63) is 147 Å². The minimum Gasteiger partial charge on any atom is -0.491 e. The van der Waals surface area contributed by atoms with Gasteiger partial charge in [0.25, 0.3) is 0 Å². The number of amides is 2. The van der Waals surface area contributed by atoms with Crippen molar-refractivity contribution in [2.75, 3.05) is 58.2 Å². The summed E-state index contributed by atoms with van der Waals surface area (Å²) >= 11 is 0. The van der Waals surface area contributed by atoms with Crippen molar-refractivity contribution in [2.45, 2.75) is 32.2 Å². The van der Waals surface area contributed by atoms with Gasteiger partial charge in [0.2, 0.25) is 0 Å².